The first-order valence-electron chi connectivity index (χ1n) is 12.7. The number of oxazole rings is 1. The van der Waals surface area contributed by atoms with Crippen LogP contribution in [0.2, 0.25) is 0 Å². The Labute approximate surface area is 215 Å². The van der Waals surface area contributed by atoms with E-state index in [0.29, 0.717) is 11.6 Å². The molecule has 2 aliphatic heterocycles. The highest BCUT2D eigenvalue weighted by atomic mass is 16.3. The third kappa shape index (κ3) is 4.83. The van der Waals surface area contributed by atoms with Crippen LogP contribution in [-0.2, 0) is 9.59 Å². The van der Waals surface area contributed by atoms with E-state index >= 15 is 0 Å². The molecule has 6 rings (SSSR count). The molecule has 0 bridgehead atoms. The molecular formula is C30H28N4O3. The Bertz CT molecular complexity index is 1400. The first kappa shape index (κ1) is 23.3. The second kappa shape index (κ2) is 10.1. The van der Waals surface area contributed by atoms with Gasteiger partial charge in [0.25, 0.3) is 5.91 Å². The quantitative estimate of drug-likeness (QED) is 0.370. The normalized spacial score (nSPS) is 19.5. The van der Waals surface area contributed by atoms with E-state index in [-0.39, 0.29) is 18.2 Å². The fourth-order valence-corrected chi connectivity index (χ4v) is 5.08. The molecule has 2 aliphatic rings. The number of fused-ring (bicyclic) bond motifs is 1. The number of rotatable bonds is 6. The second-order valence-corrected chi connectivity index (χ2v) is 9.47. The summed E-state index contributed by atoms with van der Waals surface area (Å²) in [5.74, 6) is 0.219. The second-order valence-electron chi connectivity index (χ2n) is 9.47. The van der Waals surface area contributed by atoms with Crippen molar-refractivity contribution in [1.82, 2.24) is 14.8 Å². The van der Waals surface area contributed by atoms with Gasteiger partial charge in [-0.1, -0.05) is 54.6 Å². The van der Waals surface area contributed by atoms with E-state index in [1.807, 2.05) is 54.6 Å². The number of benzene rings is 3. The zero-order valence-electron chi connectivity index (χ0n) is 20.5. The Morgan fingerprint density at radius 1 is 0.865 bits per heavy atom. The minimum absolute atomic E-state index is 0.142. The van der Waals surface area contributed by atoms with E-state index < -0.39 is 6.04 Å². The smallest absolute Gasteiger partial charge is 0.251 e. The lowest BCUT2D eigenvalue weighted by Gasteiger charge is -2.36. The molecule has 0 radical (unpaired) electrons. The highest BCUT2D eigenvalue weighted by molar-refractivity contribution is 6.22. The number of aromatic nitrogens is 1. The topological polar surface area (TPSA) is 69.9 Å². The van der Waals surface area contributed by atoms with Crippen LogP contribution >= 0.6 is 0 Å². The van der Waals surface area contributed by atoms with Crippen LogP contribution in [-0.4, -0.2) is 65.4 Å². The molecular weight excluding hydrogens is 464 g/mol. The third-order valence-corrected chi connectivity index (χ3v) is 7.11. The Kier molecular flexibility index (Phi) is 6.39. The number of imide groups is 1. The van der Waals surface area contributed by atoms with E-state index in [0.717, 1.165) is 49.4 Å². The Morgan fingerprint density at radius 2 is 1.59 bits per heavy atom. The van der Waals surface area contributed by atoms with Crippen molar-refractivity contribution in [2.45, 2.75) is 12.5 Å². The maximum Gasteiger partial charge on any atom is 0.251 e. The van der Waals surface area contributed by atoms with Gasteiger partial charge in [-0.2, -0.15) is 0 Å². The summed E-state index contributed by atoms with van der Waals surface area (Å²) in [5, 5.41) is 0. The number of carbonyl (C=O) groups excluding carboxylic acids is 2. The number of para-hydroxylation sites is 2. The summed E-state index contributed by atoms with van der Waals surface area (Å²) in [7, 11) is 0. The van der Waals surface area contributed by atoms with Crippen LogP contribution in [0.15, 0.2) is 89.4 Å². The predicted molar refractivity (Wildman–Crippen MR) is 144 cm³/mol. The van der Waals surface area contributed by atoms with Gasteiger partial charge in [-0.15, -0.1) is 0 Å². The molecule has 7 heteroatoms. The summed E-state index contributed by atoms with van der Waals surface area (Å²) in [4.78, 5) is 36.6. The van der Waals surface area contributed by atoms with E-state index in [2.05, 4.69) is 39.1 Å². The predicted octanol–water partition coefficient (Wildman–Crippen LogP) is 4.46. The summed E-state index contributed by atoms with van der Waals surface area (Å²) in [6, 6.07) is 24.7. The van der Waals surface area contributed by atoms with Gasteiger partial charge in [0, 0.05) is 38.3 Å². The lowest BCUT2D eigenvalue weighted by molar-refractivity contribution is -0.123. The fourth-order valence-electron chi connectivity index (χ4n) is 5.08. The average Bonchev–Trinajstić information content (AvgIpc) is 3.50. The number of anilines is 1. The summed E-state index contributed by atoms with van der Waals surface area (Å²) in [5.41, 5.74) is 4.09. The minimum atomic E-state index is -0.397. The average molecular weight is 493 g/mol. The van der Waals surface area contributed by atoms with Crippen molar-refractivity contribution in [3.63, 3.8) is 0 Å². The standard InChI is InChI=1S/C30H28N4O3/c35-28-21-26(33-19-17-32(18-20-33)16-6-9-22-7-2-1-3-8-22)30(36)34(28)24-14-12-23(13-15-24)29-31-25-10-4-5-11-27(25)37-29/h1-15,26H,16-21H2. The number of hydrogen-bond acceptors (Lipinski definition) is 6. The van der Waals surface area contributed by atoms with Crippen LogP contribution in [0.5, 0.6) is 0 Å². The third-order valence-electron chi connectivity index (χ3n) is 7.11. The first-order chi connectivity index (χ1) is 18.2. The Morgan fingerprint density at radius 3 is 2.35 bits per heavy atom. The van der Waals surface area contributed by atoms with Crippen molar-refractivity contribution in [2.75, 3.05) is 37.6 Å². The Balaban J connectivity index is 1.07. The monoisotopic (exact) mass is 492 g/mol. The van der Waals surface area contributed by atoms with Gasteiger partial charge in [-0.25, -0.2) is 9.88 Å². The van der Waals surface area contributed by atoms with Gasteiger partial charge in [-0.05, 0) is 42.0 Å². The van der Waals surface area contributed by atoms with Crippen LogP contribution in [0.4, 0.5) is 5.69 Å². The van der Waals surface area contributed by atoms with Gasteiger partial charge in [0.15, 0.2) is 5.58 Å². The summed E-state index contributed by atoms with van der Waals surface area (Å²) < 4.78 is 5.84. The molecule has 2 amide bonds. The van der Waals surface area contributed by atoms with Gasteiger partial charge < -0.3 is 4.42 Å². The summed E-state index contributed by atoms with van der Waals surface area (Å²) in [6.07, 6.45) is 4.54. The molecule has 3 heterocycles. The molecule has 2 fully saturated rings. The van der Waals surface area contributed by atoms with E-state index in [1.165, 1.54) is 10.5 Å². The van der Waals surface area contributed by atoms with Crippen molar-refractivity contribution < 1.29 is 14.0 Å². The lowest BCUT2D eigenvalue weighted by atomic mass is 10.1. The molecule has 2 saturated heterocycles. The molecule has 37 heavy (non-hydrogen) atoms. The van der Waals surface area contributed by atoms with Gasteiger partial charge in [0.2, 0.25) is 11.8 Å². The number of piperazine rings is 1. The van der Waals surface area contributed by atoms with Crippen molar-refractivity contribution in [3.05, 3.63) is 90.5 Å². The van der Waals surface area contributed by atoms with Crippen LogP contribution in [0.3, 0.4) is 0 Å². The van der Waals surface area contributed by atoms with Crippen molar-refractivity contribution in [3.8, 4) is 11.5 Å². The van der Waals surface area contributed by atoms with Crippen LogP contribution in [0.25, 0.3) is 28.6 Å². The van der Waals surface area contributed by atoms with Gasteiger partial charge in [0.1, 0.15) is 5.52 Å². The SMILES string of the molecule is O=C1CC(N2CCN(CC=Cc3ccccc3)CC2)C(=O)N1c1ccc(-c2nc3ccccc3o2)cc1. The van der Waals surface area contributed by atoms with Crippen molar-refractivity contribution in [1.29, 1.82) is 0 Å². The largest absolute Gasteiger partial charge is 0.436 e. The molecule has 0 aliphatic carbocycles. The summed E-state index contributed by atoms with van der Waals surface area (Å²) >= 11 is 0. The van der Waals surface area contributed by atoms with Gasteiger partial charge in [0.05, 0.1) is 18.2 Å². The number of amides is 2. The number of carbonyl (C=O) groups is 2. The van der Waals surface area contributed by atoms with Gasteiger partial charge >= 0.3 is 0 Å². The molecule has 1 unspecified atom stereocenters. The maximum absolute atomic E-state index is 13.3. The zero-order chi connectivity index (χ0) is 25.2. The number of nitrogens with zero attached hydrogens (tertiary/aromatic N) is 4. The highest BCUT2D eigenvalue weighted by Crippen LogP contribution is 2.30. The first-order valence-corrected chi connectivity index (χ1v) is 12.7. The van der Waals surface area contributed by atoms with Crippen LogP contribution in [0, 0.1) is 0 Å². The van der Waals surface area contributed by atoms with Crippen molar-refractivity contribution >= 4 is 34.7 Å². The lowest BCUT2D eigenvalue weighted by Crippen LogP contribution is -2.52. The van der Waals surface area contributed by atoms with Crippen molar-refractivity contribution in [2.24, 2.45) is 0 Å². The number of hydrogen-bond donors (Lipinski definition) is 0. The summed E-state index contributed by atoms with van der Waals surface area (Å²) in [6.45, 7) is 4.16. The Hall–Kier alpha value is -4.07. The molecule has 0 spiro atoms. The van der Waals surface area contributed by atoms with Crippen LogP contribution in [0.1, 0.15) is 12.0 Å². The molecule has 1 aromatic heterocycles. The maximum atomic E-state index is 13.3. The molecule has 0 N–H and O–H groups in total. The molecule has 0 saturated carbocycles. The van der Waals surface area contributed by atoms with Crippen LogP contribution < -0.4 is 4.90 Å². The fraction of sp³-hybridized carbons (Fsp3) is 0.233. The van der Waals surface area contributed by atoms with E-state index in [1.54, 1.807) is 12.1 Å². The minimum Gasteiger partial charge on any atom is -0.436 e. The van der Waals surface area contributed by atoms with E-state index in [9.17, 15) is 9.59 Å². The van der Waals surface area contributed by atoms with E-state index in [4.69, 9.17) is 4.42 Å². The van der Waals surface area contributed by atoms with Gasteiger partial charge in [-0.3, -0.25) is 19.4 Å². The molecule has 1 atom stereocenters. The highest BCUT2D eigenvalue weighted by Gasteiger charge is 2.43. The molecule has 4 aromatic rings. The molecule has 186 valence electrons. The zero-order valence-corrected chi connectivity index (χ0v) is 20.5. The molecule has 7 nitrogen and oxygen atoms in total. The molecule has 3 aromatic carbocycles.